The molecule has 0 heterocycles. The third-order valence-corrected chi connectivity index (χ3v) is 3.74. The van der Waals surface area contributed by atoms with Gasteiger partial charge in [-0.1, -0.05) is 19.3 Å². The van der Waals surface area contributed by atoms with Gasteiger partial charge < -0.3 is 10.4 Å². The van der Waals surface area contributed by atoms with Crippen molar-refractivity contribution >= 4 is 17.3 Å². The van der Waals surface area contributed by atoms with E-state index in [1.165, 1.54) is 44.2 Å². The van der Waals surface area contributed by atoms with E-state index in [1.807, 2.05) is 0 Å². The van der Waals surface area contributed by atoms with E-state index in [0.717, 1.165) is 6.54 Å². The Morgan fingerprint density at radius 2 is 2.05 bits per heavy atom. The molecule has 0 bridgehead atoms. The molecule has 6 nitrogen and oxygen atoms in total. The van der Waals surface area contributed by atoms with Gasteiger partial charge in [-0.3, -0.25) is 10.1 Å². The number of rotatable bonds is 5. The molecule has 2 rings (SSSR count). The molecule has 108 valence electrons. The summed E-state index contributed by atoms with van der Waals surface area (Å²) in [6.45, 7) is 0.789. The number of benzene rings is 1. The van der Waals surface area contributed by atoms with Crippen molar-refractivity contribution in [2.75, 3.05) is 11.9 Å². The van der Waals surface area contributed by atoms with Crippen LogP contribution in [0.1, 0.15) is 42.5 Å². The van der Waals surface area contributed by atoms with Crippen molar-refractivity contribution in [1.82, 2.24) is 0 Å². The molecule has 1 saturated carbocycles. The van der Waals surface area contributed by atoms with Crippen LogP contribution in [0.2, 0.25) is 0 Å². The minimum atomic E-state index is -1.28. The Labute approximate surface area is 117 Å². The second-order valence-corrected chi connectivity index (χ2v) is 5.18. The second kappa shape index (κ2) is 6.36. The summed E-state index contributed by atoms with van der Waals surface area (Å²) < 4.78 is 0. The fourth-order valence-electron chi connectivity index (χ4n) is 2.63. The molecule has 0 unspecified atom stereocenters. The SMILES string of the molecule is O=C(O)c1cc(NCC2CCCCC2)ccc1[N+](=O)[O-]. The highest BCUT2D eigenvalue weighted by Gasteiger charge is 2.20. The highest BCUT2D eigenvalue weighted by molar-refractivity contribution is 5.93. The zero-order chi connectivity index (χ0) is 14.5. The third-order valence-electron chi connectivity index (χ3n) is 3.74. The average Bonchev–Trinajstić information content (AvgIpc) is 2.45. The van der Waals surface area contributed by atoms with Crippen molar-refractivity contribution in [2.45, 2.75) is 32.1 Å². The maximum absolute atomic E-state index is 11.1. The van der Waals surface area contributed by atoms with Crippen LogP contribution in [0.25, 0.3) is 0 Å². The van der Waals surface area contributed by atoms with Gasteiger partial charge in [0.05, 0.1) is 4.92 Å². The van der Waals surface area contributed by atoms with E-state index in [2.05, 4.69) is 5.32 Å². The molecule has 1 aromatic rings. The van der Waals surface area contributed by atoms with E-state index in [4.69, 9.17) is 5.11 Å². The van der Waals surface area contributed by atoms with Crippen molar-refractivity contribution in [1.29, 1.82) is 0 Å². The summed E-state index contributed by atoms with van der Waals surface area (Å²) in [5.41, 5.74) is -0.0251. The number of nitro benzene ring substituents is 1. The van der Waals surface area contributed by atoms with E-state index < -0.39 is 10.9 Å². The van der Waals surface area contributed by atoms with Crippen molar-refractivity contribution in [3.8, 4) is 0 Å². The fourth-order valence-corrected chi connectivity index (χ4v) is 2.63. The summed E-state index contributed by atoms with van der Waals surface area (Å²) in [5.74, 6) is -0.676. The number of anilines is 1. The van der Waals surface area contributed by atoms with Crippen LogP contribution in [-0.2, 0) is 0 Å². The number of carboxylic acids is 1. The van der Waals surface area contributed by atoms with Crippen LogP contribution in [-0.4, -0.2) is 22.5 Å². The van der Waals surface area contributed by atoms with Crippen LogP contribution >= 0.6 is 0 Å². The van der Waals surface area contributed by atoms with Gasteiger partial charge in [-0.05, 0) is 30.9 Å². The summed E-state index contributed by atoms with van der Waals surface area (Å²) in [6.07, 6.45) is 6.15. The van der Waals surface area contributed by atoms with Gasteiger partial charge in [-0.15, -0.1) is 0 Å². The molecule has 0 aromatic heterocycles. The average molecular weight is 278 g/mol. The van der Waals surface area contributed by atoms with Gasteiger partial charge in [-0.2, -0.15) is 0 Å². The van der Waals surface area contributed by atoms with Gasteiger partial charge in [0, 0.05) is 18.3 Å². The number of nitrogens with one attached hydrogen (secondary N) is 1. The lowest BCUT2D eigenvalue weighted by molar-refractivity contribution is -0.385. The summed E-state index contributed by atoms with van der Waals surface area (Å²) in [5, 5.41) is 23.0. The number of nitro groups is 1. The minimum Gasteiger partial charge on any atom is -0.477 e. The van der Waals surface area contributed by atoms with Crippen LogP contribution in [0.15, 0.2) is 18.2 Å². The molecule has 0 aliphatic heterocycles. The molecule has 20 heavy (non-hydrogen) atoms. The maximum Gasteiger partial charge on any atom is 0.342 e. The summed E-state index contributed by atoms with van der Waals surface area (Å²) in [7, 11) is 0. The second-order valence-electron chi connectivity index (χ2n) is 5.18. The smallest absolute Gasteiger partial charge is 0.342 e. The first-order valence-corrected chi connectivity index (χ1v) is 6.83. The van der Waals surface area contributed by atoms with Crippen LogP contribution in [0.5, 0.6) is 0 Å². The normalized spacial score (nSPS) is 15.8. The molecule has 0 amide bonds. The monoisotopic (exact) mass is 278 g/mol. The molecule has 0 spiro atoms. The Hall–Kier alpha value is -2.11. The van der Waals surface area contributed by atoms with Crippen LogP contribution < -0.4 is 5.32 Å². The first kappa shape index (κ1) is 14.3. The number of hydrogen-bond acceptors (Lipinski definition) is 4. The summed E-state index contributed by atoms with van der Waals surface area (Å²) >= 11 is 0. The van der Waals surface area contributed by atoms with E-state index in [0.29, 0.717) is 11.6 Å². The van der Waals surface area contributed by atoms with Crippen molar-refractivity contribution in [2.24, 2.45) is 5.92 Å². The lowest BCUT2D eigenvalue weighted by Gasteiger charge is -2.22. The summed E-state index contributed by atoms with van der Waals surface area (Å²) in [6, 6.07) is 4.14. The quantitative estimate of drug-likeness (QED) is 0.637. The van der Waals surface area contributed by atoms with Gasteiger partial charge in [0.2, 0.25) is 0 Å². The number of aromatic carboxylic acids is 1. The number of carbonyl (C=O) groups is 1. The zero-order valence-corrected chi connectivity index (χ0v) is 11.2. The predicted molar refractivity (Wildman–Crippen MR) is 75.1 cm³/mol. The Kier molecular flexibility index (Phi) is 4.55. The molecule has 0 saturated heterocycles. The van der Waals surface area contributed by atoms with E-state index in [9.17, 15) is 14.9 Å². The van der Waals surface area contributed by atoms with Crippen molar-refractivity contribution in [3.05, 3.63) is 33.9 Å². The summed E-state index contributed by atoms with van der Waals surface area (Å²) in [4.78, 5) is 21.1. The highest BCUT2D eigenvalue weighted by atomic mass is 16.6. The predicted octanol–water partition coefficient (Wildman–Crippen LogP) is 3.29. The van der Waals surface area contributed by atoms with Gasteiger partial charge in [0.25, 0.3) is 5.69 Å². The van der Waals surface area contributed by atoms with Crippen molar-refractivity contribution in [3.63, 3.8) is 0 Å². The number of nitrogens with zero attached hydrogens (tertiary/aromatic N) is 1. The molecule has 6 heteroatoms. The van der Waals surface area contributed by atoms with E-state index in [-0.39, 0.29) is 11.3 Å². The molecular formula is C14H18N2O4. The van der Waals surface area contributed by atoms with E-state index >= 15 is 0 Å². The molecule has 1 fully saturated rings. The molecule has 0 atom stereocenters. The first-order valence-electron chi connectivity index (χ1n) is 6.83. The van der Waals surface area contributed by atoms with Gasteiger partial charge in [0.15, 0.2) is 0 Å². The lowest BCUT2D eigenvalue weighted by Crippen LogP contribution is -2.17. The lowest BCUT2D eigenvalue weighted by atomic mass is 9.89. The third kappa shape index (κ3) is 3.46. The van der Waals surface area contributed by atoms with Crippen LogP contribution in [0, 0.1) is 16.0 Å². The number of hydrogen-bond donors (Lipinski definition) is 2. The standard InChI is InChI=1S/C14H18N2O4/c17-14(18)12-8-11(6-7-13(12)16(19)20)15-9-10-4-2-1-3-5-10/h6-8,10,15H,1-5,9H2,(H,17,18). The maximum atomic E-state index is 11.1. The Morgan fingerprint density at radius 3 is 2.65 bits per heavy atom. The molecule has 2 N–H and O–H groups in total. The fraction of sp³-hybridized carbons (Fsp3) is 0.500. The van der Waals surface area contributed by atoms with E-state index in [1.54, 1.807) is 6.07 Å². The topological polar surface area (TPSA) is 92.5 Å². The Morgan fingerprint density at radius 1 is 1.35 bits per heavy atom. The van der Waals surface area contributed by atoms with Gasteiger partial charge >= 0.3 is 5.97 Å². The first-order chi connectivity index (χ1) is 9.58. The van der Waals surface area contributed by atoms with Crippen LogP contribution in [0.3, 0.4) is 0 Å². The Balaban J connectivity index is 2.06. The van der Waals surface area contributed by atoms with Gasteiger partial charge in [-0.25, -0.2) is 4.79 Å². The molecule has 1 aliphatic carbocycles. The minimum absolute atomic E-state index is 0.274. The molecular weight excluding hydrogens is 260 g/mol. The highest BCUT2D eigenvalue weighted by Crippen LogP contribution is 2.26. The Bertz CT molecular complexity index is 510. The molecule has 0 radical (unpaired) electrons. The van der Waals surface area contributed by atoms with Crippen molar-refractivity contribution < 1.29 is 14.8 Å². The zero-order valence-electron chi connectivity index (χ0n) is 11.2. The molecule has 1 aromatic carbocycles. The number of carboxylic acid groups (broad SMARTS) is 1. The largest absolute Gasteiger partial charge is 0.477 e. The van der Waals surface area contributed by atoms with Crippen LogP contribution in [0.4, 0.5) is 11.4 Å². The van der Waals surface area contributed by atoms with Gasteiger partial charge in [0.1, 0.15) is 5.56 Å². The molecule has 1 aliphatic rings.